The molecule has 0 unspecified atom stereocenters. The molecule has 1 amide bonds. The second kappa shape index (κ2) is 8.30. The smallest absolute Gasteiger partial charge is 0.224 e. The van der Waals surface area contributed by atoms with Crippen LogP contribution in [0.5, 0.6) is 11.5 Å². The van der Waals surface area contributed by atoms with Gasteiger partial charge in [-0.25, -0.2) is 4.98 Å². The minimum Gasteiger partial charge on any atom is -0.457 e. The monoisotopic (exact) mass is 378 g/mol. The lowest BCUT2D eigenvalue weighted by Crippen LogP contribution is -2.12. The van der Waals surface area contributed by atoms with Gasteiger partial charge in [-0.15, -0.1) is 0 Å². The topological polar surface area (TPSA) is 64.4 Å². The summed E-state index contributed by atoms with van der Waals surface area (Å²) in [5.74, 6) is 2.90. The van der Waals surface area contributed by atoms with E-state index < -0.39 is 0 Å². The summed E-state index contributed by atoms with van der Waals surface area (Å²) < 4.78 is 11.6. The highest BCUT2D eigenvalue weighted by atomic mass is 16.5. The van der Waals surface area contributed by atoms with Gasteiger partial charge in [-0.05, 0) is 43.3 Å². The highest BCUT2D eigenvalue weighted by molar-refractivity contribution is 5.90. The Labute approximate surface area is 165 Å². The zero-order valence-electron chi connectivity index (χ0n) is 16.8. The van der Waals surface area contributed by atoms with Gasteiger partial charge in [-0.2, -0.15) is 0 Å². The summed E-state index contributed by atoms with van der Waals surface area (Å²) in [6, 6.07) is 16.9. The molecular weight excluding hydrogens is 352 g/mol. The predicted octanol–water partition coefficient (Wildman–Crippen LogP) is 5.64. The van der Waals surface area contributed by atoms with Crippen LogP contribution in [0.25, 0.3) is 0 Å². The van der Waals surface area contributed by atoms with E-state index in [2.05, 4.69) is 31.1 Å². The molecule has 0 bridgehead atoms. The Morgan fingerprint density at radius 3 is 2.29 bits per heavy atom. The van der Waals surface area contributed by atoms with Crippen molar-refractivity contribution in [1.82, 2.24) is 4.98 Å². The fourth-order valence-corrected chi connectivity index (χ4v) is 2.66. The zero-order chi connectivity index (χ0) is 20.1. The van der Waals surface area contributed by atoms with Gasteiger partial charge in [0.1, 0.15) is 17.3 Å². The minimum atomic E-state index is -0.144. The Bertz CT molecular complexity index is 923. The van der Waals surface area contributed by atoms with Crippen molar-refractivity contribution in [3.05, 3.63) is 71.9 Å². The lowest BCUT2D eigenvalue weighted by molar-refractivity contribution is -0.116. The van der Waals surface area contributed by atoms with Crippen LogP contribution in [0.2, 0.25) is 0 Å². The molecule has 0 fully saturated rings. The quantitative estimate of drug-likeness (QED) is 0.602. The van der Waals surface area contributed by atoms with E-state index in [-0.39, 0.29) is 11.3 Å². The minimum absolute atomic E-state index is 0.0650. The zero-order valence-corrected chi connectivity index (χ0v) is 16.8. The van der Waals surface area contributed by atoms with Gasteiger partial charge >= 0.3 is 0 Å². The number of carbonyl (C=O) groups excluding carboxylic acids is 1. The average molecular weight is 378 g/mol. The third kappa shape index (κ3) is 5.22. The molecule has 3 rings (SSSR count). The summed E-state index contributed by atoms with van der Waals surface area (Å²) in [4.78, 5) is 16.7. The number of anilines is 1. The summed E-state index contributed by atoms with van der Waals surface area (Å²) >= 11 is 0. The Morgan fingerprint density at radius 1 is 1.04 bits per heavy atom. The van der Waals surface area contributed by atoms with Crippen molar-refractivity contribution in [2.45, 2.75) is 46.0 Å². The number of amides is 1. The third-order valence-corrected chi connectivity index (χ3v) is 4.23. The van der Waals surface area contributed by atoms with Crippen molar-refractivity contribution < 1.29 is 13.9 Å². The normalized spacial score (nSPS) is 11.3. The molecule has 0 atom stereocenters. The van der Waals surface area contributed by atoms with Crippen LogP contribution < -0.4 is 10.1 Å². The summed E-state index contributed by atoms with van der Waals surface area (Å²) in [6.45, 7) is 8.08. The molecule has 0 saturated heterocycles. The van der Waals surface area contributed by atoms with Crippen LogP contribution in [0.3, 0.4) is 0 Å². The maximum absolute atomic E-state index is 12.3. The van der Waals surface area contributed by atoms with E-state index >= 15 is 0 Å². The highest BCUT2D eigenvalue weighted by Crippen LogP contribution is 2.25. The second-order valence-electron chi connectivity index (χ2n) is 7.77. The van der Waals surface area contributed by atoms with Crippen molar-refractivity contribution >= 4 is 11.6 Å². The highest BCUT2D eigenvalue weighted by Gasteiger charge is 2.22. The van der Waals surface area contributed by atoms with E-state index in [0.717, 1.165) is 28.6 Å². The molecule has 1 N–H and O–H groups in total. The van der Waals surface area contributed by atoms with Gasteiger partial charge in [0, 0.05) is 23.9 Å². The summed E-state index contributed by atoms with van der Waals surface area (Å²) in [6.07, 6.45) is 0.859. The number of para-hydroxylation sites is 1. The number of nitrogens with one attached hydrogen (secondary N) is 1. The molecule has 0 aliphatic heterocycles. The third-order valence-electron chi connectivity index (χ3n) is 4.23. The lowest BCUT2D eigenvalue weighted by atomic mass is 9.97. The molecule has 0 radical (unpaired) electrons. The number of aromatic nitrogens is 1. The number of ether oxygens (including phenoxy) is 1. The van der Waals surface area contributed by atoms with Gasteiger partial charge in [-0.1, -0.05) is 39.0 Å². The molecule has 0 aliphatic rings. The molecule has 3 aromatic rings. The van der Waals surface area contributed by atoms with Crippen molar-refractivity contribution in [2.24, 2.45) is 0 Å². The first kappa shape index (κ1) is 19.7. The van der Waals surface area contributed by atoms with Crippen LogP contribution in [0.1, 0.15) is 44.5 Å². The maximum Gasteiger partial charge on any atom is 0.224 e. The molecule has 0 spiro atoms. The predicted molar refractivity (Wildman–Crippen MR) is 110 cm³/mol. The van der Waals surface area contributed by atoms with Crippen molar-refractivity contribution in [3.63, 3.8) is 0 Å². The van der Waals surface area contributed by atoms with Crippen LogP contribution in [0.4, 0.5) is 5.69 Å². The molecule has 5 nitrogen and oxygen atoms in total. The second-order valence-corrected chi connectivity index (χ2v) is 7.77. The number of hydrogen-bond donors (Lipinski definition) is 1. The van der Waals surface area contributed by atoms with Gasteiger partial charge in [-0.3, -0.25) is 4.79 Å². The number of oxazole rings is 1. The SMILES string of the molecule is Cc1nc(C(C)(C)C)oc1CCC(=O)Nc1ccc(Oc2ccccc2)cc1. The number of benzene rings is 2. The summed E-state index contributed by atoms with van der Waals surface area (Å²) in [5.41, 5.74) is 1.43. The van der Waals surface area contributed by atoms with E-state index in [1.807, 2.05) is 61.5 Å². The van der Waals surface area contributed by atoms with Crippen molar-refractivity contribution in [1.29, 1.82) is 0 Å². The Morgan fingerprint density at radius 2 is 1.68 bits per heavy atom. The maximum atomic E-state index is 12.3. The summed E-state index contributed by atoms with van der Waals surface area (Å²) in [5, 5.41) is 2.90. The Kier molecular flexibility index (Phi) is 5.83. The fraction of sp³-hybridized carbons (Fsp3) is 0.304. The molecular formula is C23H26N2O3. The van der Waals surface area contributed by atoms with Crippen LogP contribution in [0.15, 0.2) is 59.0 Å². The molecule has 1 aromatic heterocycles. The van der Waals surface area contributed by atoms with Gasteiger partial charge in [0.25, 0.3) is 0 Å². The first-order chi connectivity index (χ1) is 13.3. The van der Waals surface area contributed by atoms with Crippen molar-refractivity contribution in [3.8, 4) is 11.5 Å². The fourth-order valence-electron chi connectivity index (χ4n) is 2.66. The largest absolute Gasteiger partial charge is 0.457 e. The van der Waals surface area contributed by atoms with E-state index in [9.17, 15) is 4.79 Å². The first-order valence-electron chi connectivity index (χ1n) is 9.41. The lowest BCUT2D eigenvalue weighted by Gasteiger charge is -2.12. The van der Waals surface area contributed by atoms with E-state index in [0.29, 0.717) is 18.7 Å². The molecule has 0 saturated carbocycles. The van der Waals surface area contributed by atoms with E-state index in [1.54, 1.807) is 0 Å². The molecule has 28 heavy (non-hydrogen) atoms. The van der Waals surface area contributed by atoms with Crippen LogP contribution in [-0.2, 0) is 16.6 Å². The molecule has 0 aliphatic carbocycles. The van der Waals surface area contributed by atoms with E-state index in [1.165, 1.54) is 0 Å². The number of rotatable bonds is 6. The van der Waals surface area contributed by atoms with Crippen molar-refractivity contribution in [2.75, 3.05) is 5.32 Å². The Hall–Kier alpha value is -3.08. The van der Waals surface area contributed by atoms with Gasteiger partial charge in [0.05, 0.1) is 5.69 Å². The number of nitrogens with zero attached hydrogens (tertiary/aromatic N) is 1. The molecule has 1 heterocycles. The number of aryl methyl sites for hydroxylation is 2. The van der Waals surface area contributed by atoms with Gasteiger partial charge in [0.15, 0.2) is 5.89 Å². The first-order valence-corrected chi connectivity index (χ1v) is 9.41. The summed E-state index contributed by atoms with van der Waals surface area (Å²) in [7, 11) is 0. The molecule has 2 aromatic carbocycles. The van der Waals surface area contributed by atoms with Crippen LogP contribution in [-0.4, -0.2) is 10.9 Å². The van der Waals surface area contributed by atoms with Crippen LogP contribution >= 0.6 is 0 Å². The van der Waals surface area contributed by atoms with Crippen LogP contribution in [0, 0.1) is 6.92 Å². The number of carbonyl (C=O) groups is 1. The van der Waals surface area contributed by atoms with Gasteiger partial charge in [0.2, 0.25) is 5.91 Å². The Balaban J connectivity index is 1.53. The number of hydrogen-bond acceptors (Lipinski definition) is 4. The van der Waals surface area contributed by atoms with Gasteiger partial charge < -0.3 is 14.5 Å². The molecule has 5 heteroatoms. The van der Waals surface area contributed by atoms with E-state index in [4.69, 9.17) is 9.15 Å². The average Bonchev–Trinajstić information content (AvgIpc) is 3.04. The molecule has 146 valence electrons. The standard InChI is InChI=1S/C23H26N2O3/c1-16-20(28-22(24-16)23(2,3)4)14-15-21(26)25-17-10-12-19(13-11-17)27-18-8-6-5-7-9-18/h5-13H,14-15H2,1-4H3,(H,25,26).